The van der Waals surface area contributed by atoms with Crippen LogP contribution in [0.4, 0.5) is 0 Å². The van der Waals surface area contributed by atoms with Crippen LogP contribution in [0, 0.1) is 0 Å². The Morgan fingerprint density at radius 2 is 2.18 bits per heavy atom. The van der Waals surface area contributed by atoms with Gasteiger partial charge < -0.3 is 5.73 Å². The Morgan fingerprint density at radius 3 is 2.82 bits per heavy atom. The molecule has 2 rings (SSSR count). The molecule has 1 aliphatic rings. The van der Waals surface area contributed by atoms with E-state index < -0.39 is 15.9 Å². The first-order chi connectivity index (χ1) is 7.91. The van der Waals surface area contributed by atoms with E-state index in [0.29, 0.717) is 11.4 Å². The lowest BCUT2D eigenvalue weighted by atomic mass is 10.2. The van der Waals surface area contributed by atoms with Crippen molar-refractivity contribution < 1.29 is 13.2 Å². The molecule has 0 bridgehead atoms. The number of amides is 1. The number of nitrogens with zero attached hydrogens (tertiary/aromatic N) is 1. The standard InChI is InChI=1S/C10H11BrN2O3S/c11-8-1-2-9-7(5-8)6-13(17(9,15)16)4-3-10(12)14/h1-2,5H,3-4,6H2,(H2,12,14). The SMILES string of the molecule is NC(=O)CCN1Cc2cc(Br)ccc2S1(=O)=O. The molecule has 0 aromatic heterocycles. The van der Waals surface area contributed by atoms with E-state index in [1.54, 1.807) is 18.2 Å². The highest BCUT2D eigenvalue weighted by molar-refractivity contribution is 9.10. The molecule has 0 saturated carbocycles. The molecular formula is C10H11BrN2O3S. The highest BCUT2D eigenvalue weighted by Crippen LogP contribution is 2.32. The minimum absolute atomic E-state index is 0.0361. The van der Waals surface area contributed by atoms with Crippen molar-refractivity contribution in [3.63, 3.8) is 0 Å². The van der Waals surface area contributed by atoms with Gasteiger partial charge in [-0.25, -0.2) is 8.42 Å². The second kappa shape index (κ2) is 4.40. The summed E-state index contributed by atoms with van der Waals surface area (Å²) in [6.45, 7) is 0.425. The van der Waals surface area contributed by atoms with Crippen molar-refractivity contribution in [2.45, 2.75) is 17.9 Å². The van der Waals surface area contributed by atoms with Crippen molar-refractivity contribution in [2.75, 3.05) is 6.54 Å². The number of carbonyl (C=O) groups is 1. The first kappa shape index (κ1) is 12.5. The van der Waals surface area contributed by atoms with Crippen LogP contribution in [0.5, 0.6) is 0 Å². The third kappa shape index (κ3) is 2.36. The van der Waals surface area contributed by atoms with Gasteiger partial charge in [0.25, 0.3) is 0 Å². The Kier molecular flexibility index (Phi) is 3.24. The first-order valence-corrected chi connectivity index (χ1v) is 7.21. The molecule has 0 spiro atoms. The van der Waals surface area contributed by atoms with Crippen molar-refractivity contribution >= 4 is 31.9 Å². The fraction of sp³-hybridized carbons (Fsp3) is 0.300. The largest absolute Gasteiger partial charge is 0.370 e. The first-order valence-electron chi connectivity index (χ1n) is 4.98. The smallest absolute Gasteiger partial charge is 0.243 e. The van der Waals surface area contributed by atoms with E-state index in [-0.39, 0.29) is 13.0 Å². The molecule has 1 aromatic carbocycles. The van der Waals surface area contributed by atoms with Gasteiger partial charge in [0.15, 0.2) is 0 Å². The molecule has 0 saturated heterocycles. The van der Waals surface area contributed by atoms with E-state index in [4.69, 9.17) is 5.73 Å². The van der Waals surface area contributed by atoms with Crippen LogP contribution in [0.25, 0.3) is 0 Å². The number of nitrogens with two attached hydrogens (primary N) is 1. The minimum Gasteiger partial charge on any atom is -0.370 e. The molecule has 1 heterocycles. The second-order valence-corrected chi connectivity index (χ2v) is 6.63. The molecule has 1 aliphatic heterocycles. The van der Waals surface area contributed by atoms with Crippen LogP contribution >= 0.6 is 15.9 Å². The molecule has 0 atom stereocenters. The maximum absolute atomic E-state index is 12.1. The van der Waals surface area contributed by atoms with Gasteiger partial charge in [0.05, 0.1) is 4.90 Å². The summed E-state index contributed by atoms with van der Waals surface area (Å²) in [5.41, 5.74) is 5.76. The second-order valence-electron chi connectivity index (χ2n) is 3.81. The number of primary amides is 1. The van der Waals surface area contributed by atoms with Crippen LogP contribution in [0.1, 0.15) is 12.0 Å². The van der Waals surface area contributed by atoms with Crippen molar-refractivity contribution in [3.05, 3.63) is 28.2 Å². The van der Waals surface area contributed by atoms with Crippen LogP contribution in [-0.4, -0.2) is 25.2 Å². The Hall–Kier alpha value is -0.920. The number of carbonyl (C=O) groups excluding carboxylic acids is 1. The third-order valence-electron chi connectivity index (χ3n) is 2.59. The zero-order valence-electron chi connectivity index (χ0n) is 8.89. The highest BCUT2D eigenvalue weighted by Gasteiger charge is 2.34. The molecule has 0 fully saturated rings. The normalized spacial score (nSPS) is 17.9. The lowest BCUT2D eigenvalue weighted by Crippen LogP contribution is -2.28. The summed E-state index contributed by atoms with van der Waals surface area (Å²) in [5, 5.41) is 0. The number of rotatable bonds is 3. The average molecular weight is 319 g/mol. The fourth-order valence-electron chi connectivity index (χ4n) is 1.77. The molecule has 7 heteroatoms. The number of halogens is 1. The number of hydrogen-bond acceptors (Lipinski definition) is 3. The molecule has 0 unspecified atom stereocenters. The van der Waals surface area contributed by atoms with Crippen molar-refractivity contribution in [1.29, 1.82) is 0 Å². The molecule has 92 valence electrons. The van der Waals surface area contributed by atoms with Crippen molar-refractivity contribution in [2.24, 2.45) is 5.73 Å². The van der Waals surface area contributed by atoms with Gasteiger partial charge in [-0.15, -0.1) is 0 Å². The topological polar surface area (TPSA) is 80.5 Å². The minimum atomic E-state index is -3.45. The predicted octanol–water partition coefficient (Wildman–Crippen LogP) is 0.829. The Balaban J connectivity index is 2.30. The maximum Gasteiger partial charge on any atom is 0.243 e. The summed E-state index contributed by atoms with van der Waals surface area (Å²) in [5.74, 6) is -0.502. The third-order valence-corrected chi connectivity index (χ3v) is 5.03. The van der Waals surface area contributed by atoms with Gasteiger partial charge in [0, 0.05) is 24.0 Å². The Morgan fingerprint density at radius 1 is 1.47 bits per heavy atom. The number of benzene rings is 1. The summed E-state index contributed by atoms with van der Waals surface area (Å²) in [6, 6.07) is 5.03. The molecule has 0 radical (unpaired) electrons. The van der Waals surface area contributed by atoms with Gasteiger partial charge >= 0.3 is 0 Å². The number of sulfonamides is 1. The Labute approximate surface area is 108 Å². The van der Waals surface area contributed by atoms with Crippen molar-refractivity contribution in [3.8, 4) is 0 Å². The molecule has 5 nitrogen and oxygen atoms in total. The number of hydrogen-bond donors (Lipinski definition) is 1. The van der Waals surface area contributed by atoms with E-state index in [2.05, 4.69) is 15.9 Å². The summed E-state index contributed by atoms with van der Waals surface area (Å²) < 4.78 is 26.2. The number of fused-ring (bicyclic) bond motifs is 1. The van der Waals surface area contributed by atoms with E-state index in [0.717, 1.165) is 10.0 Å². The zero-order chi connectivity index (χ0) is 12.6. The average Bonchev–Trinajstić information content (AvgIpc) is 2.46. The molecule has 17 heavy (non-hydrogen) atoms. The monoisotopic (exact) mass is 318 g/mol. The lowest BCUT2D eigenvalue weighted by Gasteiger charge is -2.12. The van der Waals surface area contributed by atoms with Crippen LogP contribution < -0.4 is 5.73 Å². The van der Waals surface area contributed by atoms with Gasteiger partial charge in [-0.3, -0.25) is 4.79 Å². The van der Waals surface area contributed by atoms with Crippen LogP contribution in [0.15, 0.2) is 27.6 Å². The van der Waals surface area contributed by atoms with E-state index in [1.165, 1.54) is 4.31 Å². The zero-order valence-corrected chi connectivity index (χ0v) is 11.3. The molecular weight excluding hydrogens is 308 g/mol. The van der Waals surface area contributed by atoms with Crippen LogP contribution in [-0.2, 0) is 21.4 Å². The van der Waals surface area contributed by atoms with Gasteiger partial charge in [-0.05, 0) is 23.8 Å². The lowest BCUT2D eigenvalue weighted by molar-refractivity contribution is -0.118. The van der Waals surface area contributed by atoms with E-state index in [1.807, 2.05) is 0 Å². The summed E-state index contributed by atoms with van der Waals surface area (Å²) in [6.07, 6.45) is 0.0361. The van der Waals surface area contributed by atoms with Gasteiger partial charge in [-0.2, -0.15) is 4.31 Å². The summed E-state index contributed by atoms with van der Waals surface area (Å²) >= 11 is 3.30. The molecule has 1 aromatic rings. The van der Waals surface area contributed by atoms with Crippen LogP contribution in [0.2, 0.25) is 0 Å². The van der Waals surface area contributed by atoms with Gasteiger partial charge in [0.2, 0.25) is 15.9 Å². The quantitative estimate of drug-likeness (QED) is 0.896. The van der Waals surface area contributed by atoms with E-state index in [9.17, 15) is 13.2 Å². The summed E-state index contributed by atoms with van der Waals surface area (Å²) in [4.78, 5) is 11.0. The van der Waals surface area contributed by atoms with Gasteiger partial charge in [-0.1, -0.05) is 15.9 Å². The predicted molar refractivity (Wildman–Crippen MR) is 65.5 cm³/mol. The van der Waals surface area contributed by atoms with E-state index >= 15 is 0 Å². The Bertz CT molecular complexity index is 571. The van der Waals surface area contributed by atoms with Crippen molar-refractivity contribution in [1.82, 2.24) is 4.31 Å². The van der Waals surface area contributed by atoms with Gasteiger partial charge in [0.1, 0.15) is 0 Å². The fourth-order valence-corrected chi connectivity index (χ4v) is 3.79. The highest BCUT2D eigenvalue weighted by atomic mass is 79.9. The molecule has 1 amide bonds. The summed E-state index contributed by atoms with van der Waals surface area (Å²) in [7, 11) is -3.45. The molecule has 2 N–H and O–H groups in total. The maximum atomic E-state index is 12.1. The molecule has 0 aliphatic carbocycles. The van der Waals surface area contributed by atoms with Crippen LogP contribution in [0.3, 0.4) is 0 Å².